The summed E-state index contributed by atoms with van der Waals surface area (Å²) in [6.45, 7) is 2.31. The zero-order valence-electron chi connectivity index (χ0n) is 16.6. The molecule has 1 N–H and O–H groups in total. The molecule has 0 bridgehead atoms. The lowest BCUT2D eigenvalue weighted by molar-refractivity contribution is 0.302. The summed E-state index contributed by atoms with van der Waals surface area (Å²) in [5.41, 5.74) is 3.20. The Morgan fingerprint density at radius 1 is 0.760 bits per heavy atom. The topological polar surface area (TPSA) is 12.0 Å². The van der Waals surface area contributed by atoms with Crippen molar-refractivity contribution in [3.8, 4) is 0 Å². The molecule has 0 radical (unpaired) electrons. The maximum absolute atomic E-state index is 3.45. The van der Waals surface area contributed by atoms with E-state index in [0.29, 0.717) is 0 Å². The lowest BCUT2D eigenvalue weighted by atomic mass is 9.76. The van der Waals surface area contributed by atoms with Crippen LogP contribution in [0.15, 0.2) is 24.3 Å². The summed E-state index contributed by atoms with van der Waals surface area (Å²) in [5.74, 6) is 2.65. The molecule has 0 aromatic heterocycles. The van der Waals surface area contributed by atoms with Crippen LogP contribution < -0.4 is 5.32 Å². The van der Waals surface area contributed by atoms with Crippen molar-refractivity contribution in [2.24, 2.45) is 5.92 Å². The first-order chi connectivity index (χ1) is 12.3. The molecule has 0 amide bonds. The summed E-state index contributed by atoms with van der Waals surface area (Å²) >= 11 is 0. The van der Waals surface area contributed by atoms with Crippen LogP contribution in [0.2, 0.25) is 0 Å². The predicted molar refractivity (Wildman–Crippen MR) is 109 cm³/mol. The fraction of sp³-hybridized carbons (Fsp3) is 0.750. The van der Waals surface area contributed by atoms with Crippen LogP contribution in [0, 0.1) is 5.92 Å². The van der Waals surface area contributed by atoms with Gasteiger partial charge in [-0.2, -0.15) is 0 Å². The number of benzene rings is 1. The van der Waals surface area contributed by atoms with Gasteiger partial charge in [-0.25, -0.2) is 0 Å². The summed E-state index contributed by atoms with van der Waals surface area (Å²) in [6, 6.07) is 10.6. The van der Waals surface area contributed by atoms with E-state index >= 15 is 0 Å². The van der Waals surface area contributed by atoms with Gasteiger partial charge in [0, 0.05) is 6.04 Å². The molecular formula is C24H39N. The van der Waals surface area contributed by atoms with Gasteiger partial charge in [-0.15, -0.1) is 0 Å². The molecule has 3 rings (SSSR count). The Bertz CT molecular complexity index is 475. The number of unbranched alkanes of at least 4 members (excludes halogenated alkanes) is 2. The Labute approximate surface area is 156 Å². The van der Waals surface area contributed by atoms with Crippen LogP contribution in [0.1, 0.15) is 107 Å². The summed E-state index contributed by atoms with van der Waals surface area (Å²) < 4.78 is 0. The van der Waals surface area contributed by atoms with Gasteiger partial charge in [-0.05, 0) is 87.3 Å². The molecular weight excluding hydrogens is 302 g/mol. The SMILES string of the molecule is CCCCCC1CCC(c2ccc(C3CCC(NC)CC3)cc2)CC1. The van der Waals surface area contributed by atoms with Gasteiger partial charge in [-0.1, -0.05) is 56.9 Å². The molecule has 2 saturated carbocycles. The molecule has 0 atom stereocenters. The number of nitrogens with one attached hydrogen (secondary N) is 1. The highest BCUT2D eigenvalue weighted by Gasteiger charge is 2.24. The maximum Gasteiger partial charge on any atom is 0.00644 e. The van der Waals surface area contributed by atoms with Crippen LogP contribution in [-0.4, -0.2) is 13.1 Å². The molecule has 1 aromatic rings. The van der Waals surface area contributed by atoms with E-state index in [-0.39, 0.29) is 0 Å². The molecule has 0 aliphatic heterocycles. The smallest absolute Gasteiger partial charge is 0.00644 e. The molecule has 1 nitrogen and oxygen atoms in total. The first kappa shape index (κ1) is 19.0. The highest BCUT2D eigenvalue weighted by molar-refractivity contribution is 5.28. The van der Waals surface area contributed by atoms with Crippen molar-refractivity contribution in [3.63, 3.8) is 0 Å². The Morgan fingerprint density at radius 3 is 1.76 bits per heavy atom. The van der Waals surface area contributed by atoms with Gasteiger partial charge < -0.3 is 5.32 Å². The van der Waals surface area contributed by atoms with Crippen LogP contribution in [0.5, 0.6) is 0 Å². The zero-order valence-corrected chi connectivity index (χ0v) is 16.6. The molecule has 0 unspecified atom stereocenters. The first-order valence-corrected chi connectivity index (χ1v) is 11.1. The molecule has 2 aliphatic rings. The van der Waals surface area contributed by atoms with Crippen molar-refractivity contribution >= 4 is 0 Å². The quantitative estimate of drug-likeness (QED) is 0.539. The molecule has 140 valence electrons. The summed E-state index contributed by atoms with van der Waals surface area (Å²) in [7, 11) is 2.11. The van der Waals surface area contributed by atoms with Gasteiger partial charge in [-0.3, -0.25) is 0 Å². The third kappa shape index (κ3) is 5.33. The molecule has 0 heterocycles. The van der Waals surface area contributed by atoms with Crippen molar-refractivity contribution in [2.75, 3.05) is 7.05 Å². The number of hydrogen-bond donors (Lipinski definition) is 1. The standard InChI is InChI=1S/C24H39N/c1-3-4-5-6-19-7-9-20(10-8-19)21-11-13-22(14-12-21)23-15-17-24(25-2)18-16-23/h11-14,19-20,23-25H,3-10,15-18H2,1-2H3. The van der Waals surface area contributed by atoms with E-state index in [2.05, 4.69) is 43.6 Å². The third-order valence-corrected chi connectivity index (χ3v) is 7.08. The van der Waals surface area contributed by atoms with Gasteiger partial charge in [0.05, 0.1) is 0 Å². The minimum atomic E-state index is 0.753. The summed E-state index contributed by atoms with van der Waals surface area (Å²) in [6.07, 6.45) is 16.9. The van der Waals surface area contributed by atoms with E-state index in [4.69, 9.17) is 0 Å². The minimum Gasteiger partial charge on any atom is -0.317 e. The van der Waals surface area contributed by atoms with Gasteiger partial charge in [0.2, 0.25) is 0 Å². The molecule has 2 fully saturated rings. The Hall–Kier alpha value is -0.820. The molecule has 0 spiro atoms. The molecule has 1 aromatic carbocycles. The maximum atomic E-state index is 3.45. The molecule has 2 aliphatic carbocycles. The van der Waals surface area contributed by atoms with Crippen LogP contribution in [0.25, 0.3) is 0 Å². The van der Waals surface area contributed by atoms with Crippen molar-refractivity contribution in [1.82, 2.24) is 5.32 Å². The van der Waals surface area contributed by atoms with E-state index in [9.17, 15) is 0 Å². The Kier molecular flexibility index (Phi) is 7.40. The van der Waals surface area contributed by atoms with E-state index in [1.54, 1.807) is 11.1 Å². The highest BCUT2D eigenvalue weighted by atomic mass is 14.9. The van der Waals surface area contributed by atoms with Crippen LogP contribution in [0.3, 0.4) is 0 Å². The number of hydrogen-bond acceptors (Lipinski definition) is 1. The molecule has 1 heteroatoms. The number of rotatable bonds is 7. The van der Waals surface area contributed by atoms with E-state index in [1.807, 2.05) is 0 Å². The van der Waals surface area contributed by atoms with Gasteiger partial charge in [0.1, 0.15) is 0 Å². The fourth-order valence-electron chi connectivity index (χ4n) is 5.22. The Morgan fingerprint density at radius 2 is 1.28 bits per heavy atom. The van der Waals surface area contributed by atoms with Crippen molar-refractivity contribution in [3.05, 3.63) is 35.4 Å². The second-order valence-corrected chi connectivity index (χ2v) is 8.72. The lowest BCUT2D eigenvalue weighted by Gasteiger charge is -2.30. The first-order valence-electron chi connectivity index (χ1n) is 11.1. The Balaban J connectivity index is 1.47. The predicted octanol–water partition coefficient (Wildman–Crippen LogP) is 6.79. The second-order valence-electron chi connectivity index (χ2n) is 8.72. The average Bonchev–Trinajstić information content (AvgIpc) is 2.69. The zero-order chi connectivity index (χ0) is 17.5. The monoisotopic (exact) mass is 341 g/mol. The van der Waals surface area contributed by atoms with Gasteiger partial charge in [0.25, 0.3) is 0 Å². The summed E-state index contributed by atoms with van der Waals surface area (Å²) in [5, 5.41) is 3.45. The average molecular weight is 342 g/mol. The van der Waals surface area contributed by atoms with Crippen LogP contribution in [-0.2, 0) is 0 Å². The lowest BCUT2D eigenvalue weighted by Crippen LogP contribution is -2.29. The molecule has 25 heavy (non-hydrogen) atoms. The highest BCUT2D eigenvalue weighted by Crippen LogP contribution is 2.39. The van der Waals surface area contributed by atoms with Gasteiger partial charge in [0.15, 0.2) is 0 Å². The second kappa shape index (κ2) is 9.76. The van der Waals surface area contributed by atoms with Crippen molar-refractivity contribution < 1.29 is 0 Å². The fourth-order valence-corrected chi connectivity index (χ4v) is 5.22. The van der Waals surface area contributed by atoms with E-state index in [0.717, 1.165) is 23.8 Å². The molecule has 0 saturated heterocycles. The minimum absolute atomic E-state index is 0.753. The normalized spacial score (nSPS) is 30.3. The van der Waals surface area contributed by atoms with E-state index in [1.165, 1.54) is 77.0 Å². The van der Waals surface area contributed by atoms with Crippen molar-refractivity contribution in [1.29, 1.82) is 0 Å². The van der Waals surface area contributed by atoms with E-state index < -0.39 is 0 Å². The summed E-state index contributed by atoms with van der Waals surface area (Å²) in [4.78, 5) is 0. The van der Waals surface area contributed by atoms with Crippen LogP contribution in [0.4, 0.5) is 0 Å². The largest absolute Gasteiger partial charge is 0.317 e. The third-order valence-electron chi connectivity index (χ3n) is 7.08. The van der Waals surface area contributed by atoms with Crippen LogP contribution >= 0.6 is 0 Å². The van der Waals surface area contributed by atoms with Gasteiger partial charge >= 0.3 is 0 Å². The van der Waals surface area contributed by atoms with Crippen molar-refractivity contribution in [2.45, 2.75) is 102 Å².